The standard InChI is InChI=1S/C30H29N7O4S/c1-4-42(39,40)35-17-30(18-35,10-11-31)37-16-24(15-34-37)27-26-9-12-36(28(26)33-19-32-27)29(38)20(2)21-5-6-23-14-25(41-3)8-7-22(23)13-21/h5-9,12-16,19-20H,4,10,17-18H2,1-3H3/t20-/m0/s1. The third-order valence-corrected chi connectivity index (χ3v) is 9.88. The van der Waals surface area contributed by atoms with E-state index in [0.717, 1.165) is 22.1 Å². The van der Waals surface area contributed by atoms with Crippen LogP contribution in [-0.2, 0) is 15.6 Å². The summed E-state index contributed by atoms with van der Waals surface area (Å²) in [5.41, 5.74) is 1.89. The number of nitriles is 1. The van der Waals surface area contributed by atoms with Crippen LogP contribution in [0.3, 0.4) is 0 Å². The smallest absolute Gasteiger partial charge is 0.239 e. The van der Waals surface area contributed by atoms with Gasteiger partial charge in [0, 0.05) is 36.4 Å². The van der Waals surface area contributed by atoms with Crippen molar-refractivity contribution >= 4 is 37.7 Å². The Morgan fingerprint density at radius 3 is 2.64 bits per heavy atom. The Hall–Kier alpha value is -4.60. The van der Waals surface area contributed by atoms with Gasteiger partial charge in [-0.15, -0.1) is 0 Å². The summed E-state index contributed by atoms with van der Waals surface area (Å²) in [6, 6.07) is 15.8. The van der Waals surface area contributed by atoms with E-state index >= 15 is 0 Å². The van der Waals surface area contributed by atoms with Gasteiger partial charge in [-0.1, -0.05) is 24.3 Å². The van der Waals surface area contributed by atoms with Crippen molar-refractivity contribution in [2.24, 2.45) is 0 Å². The molecule has 3 aromatic heterocycles. The zero-order valence-electron chi connectivity index (χ0n) is 23.4. The summed E-state index contributed by atoms with van der Waals surface area (Å²) in [5.74, 6) is 0.222. The van der Waals surface area contributed by atoms with Gasteiger partial charge in [-0.25, -0.2) is 18.4 Å². The van der Waals surface area contributed by atoms with E-state index in [-0.39, 0.29) is 31.2 Å². The molecule has 1 fully saturated rings. The number of sulfonamides is 1. The number of fused-ring (bicyclic) bond motifs is 2. The molecule has 1 atom stereocenters. The van der Waals surface area contributed by atoms with Crippen LogP contribution < -0.4 is 4.74 Å². The molecule has 42 heavy (non-hydrogen) atoms. The molecule has 0 N–H and O–H groups in total. The van der Waals surface area contributed by atoms with E-state index in [9.17, 15) is 18.5 Å². The first-order valence-corrected chi connectivity index (χ1v) is 15.1. The van der Waals surface area contributed by atoms with Crippen molar-refractivity contribution < 1.29 is 17.9 Å². The SMILES string of the molecule is CCS(=O)(=O)N1CC(CC#N)(n2cc(-c3ncnc4c3ccn4C(=O)[C@@H](C)c3ccc4cc(OC)ccc4c3)cn2)C1. The fourth-order valence-corrected chi connectivity index (χ4v) is 6.77. The Labute approximate surface area is 243 Å². The molecule has 0 aliphatic carbocycles. The van der Waals surface area contributed by atoms with E-state index in [2.05, 4.69) is 21.1 Å². The first-order valence-electron chi connectivity index (χ1n) is 13.5. The molecule has 0 radical (unpaired) electrons. The molecule has 0 saturated carbocycles. The normalized spacial score (nSPS) is 15.8. The molecule has 1 saturated heterocycles. The minimum Gasteiger partial charge on any atom is -0.497 e. The highest BCUT2D eigenvalue weighted by molar-refractivity contribution is 7.89. The van der Waals surface area contributed by atoms with E-state index in [1.54, 1.807) is 41.9 Å². The lowest BCUT2D eigenvalue weighted by Gasteiger charge is -2.47. The third-order valence-electron chi connectivity index (χ3n) is 8.11. The van der Waals surface area contributed by atoms with Gasteiger partial charge in [0.25, 0.3) is 0 Å². The predicted molar refractivity (Wildman–Crippen MR) is 158 cm³/mol. The summed E-state index contributed by atoms with van der Waals surface area (Å²) in [7, 11) is -1.72. The van der Waals surface area contributed by atoms with Crippen molar-refractivity contribution in [2.75, 3.05) is 26.0 Å². The maximum absolute atomic E-state index is 13.7. The highest BCUT2D eigenvalue weighted by Gasteiger charge is 2.49. The number of nitrogens with zero attached hydrogens (tertiary/aromatic N) is 7. The van der Waals surface area contributed by atoms with Crippen LogP contribution in [0.25, 0.3) is 33.1 Å². The second kappa shape index (κ2) is 10.3. The first kappa shape index (κ1) is 27.6. The predicted octanol–water partition coefficient (Wildman–Crippen LogP) is 4.17. The Balaban J connectivity index is 1.29. The zero-order chi connectivity index (χ0) is 29.6. The Bertz CT molecular complexity index is 1980. The summed E-state index contributed by atoms with van der Waals surface area (Å²) < 4.78 is 34.5. The topological polar surface area (TPSA) is 136 Å². The van der Waals surface area contributed by atoms with Crippen LogP contribution in [0.4, 0.5) is 0 Å². The molecular weight excluding hydrogens is 554 g/mol. The number of rotatable bonds is 8. The minimum atomic E-state index is -3.36. The summed E-state index contributed by atoms with van der Waals surface area (Å²) in [6.45, 7) is 3.84. The molecule has 1 aliphatic rings. The van der Waals surface area contributed by atoms with E-state index in [1.165, 1.54) is 10.6 Å². The molecule has 214 valence electrons. The maximum atomic E-state index is 13.7. The maximum Gasteiger partial charge on any atom is 0.239 e. The number of ether oxygens (including phenoxy) is 1. The molecule has 12 heteroatoms. The average Bonchev–Trinajstić information content (AvgIpc) is 3.65. The fourth-order valence-electron chi connectivity index (χ4n) is 5.53. The van der Waals surface area contributed by atoms with Crippen molar-refractivity contribution in [1.29, 1.82) is 5.26 Å². The van der Waals surface area contributed by atoms with Crippen molar-refractivity contribution in [3.05, 3.63) is 72.9 Å². The van der Waals surface area contributed by atoms with Crippen LogP contribution in [0.15, 0.2) is 67.4 Å². The zero-order valence-corrected chi connectivity index (χ0v) is 24.2. The van der Waals surface area contributed by atoms with Crippen LogP contribution in [0.5, 0.6) is 5.75 Å². The second-order valence-electron chi connectivity index (χ2n) is 10.6. The summed E-state index contributed by atoms with van der Waals surface area (Å²) in [5, 5.41) is 16.7. The number of carbonyl (C=O) groups excluding carboxylic acids is 1. The summed E-state index contributed by atoms with van der Waals surface area (Å²) >= 11 is 0. The van der Waals surface area contributed by atoms with Crippen LogP contribution in [0.2, 0.25) is 0 Å². The third kappa shape index (κ3) is 4.51. The van der Waals surface area contributed by atoms with Crippen LogP contribution in [0.1, 0.15) is 36.5 Å². The molecule has 1 aliphatic heterocycles. The Morgan fingerprint density at radius 2 is 1.90 bits per heavy atom. The van der Waals surface area contributed by atoms with Crippen LogP contribution in [-0.4, -0.2) is 68.9 Å². The second-order valence-corrected chi connectivity index (χ2v) is 12.8. The number of hydrogen-bond acceptors (Lipinski definition) is 8. The monoisotopic (exact) mass is 583 g/mol. The number of carbonyl (C=O) groups is 1. The van der Waals surface area contributed by atoms with Gasteiger partial charge in [-0.3, -0.25) is 14.0 Å². The number of benzene rings is 2. The van der Waals surface area contributed by atoms with Crippen molar-refractivity contribution in [2.45, 2.75) is 31.7 Å². The van der Waals surface area contributed by atoms with E-state index < -0.39 is 21.5 Å². The van der Waals surface area contributed by atoms with Gasteiger partial charge in [0.15, 0.2) is 5.65 Å². The van der Waals surface area contributed by atoms with Crippen molar-refractivity contribution in [3.8, 4) is 23.1 Å². The lowest BCUT2D eigenvalue weighted by atomic mass is 9.89. The van der Waals surface area contributed by atoms with Gasteiger partial charge in [0.05, 0.1) is 43.2 Å². The largest absolute Gasteiger partial charge is 0.497 e. The van der Waals surface area contributed by atoms with Crippen molar-refractivity contribution in [1.82, 2.24) is 28.6 Å². The summed E-state index contributed by atoms with van der Waals surface area (Å²) in [6.07, 6.45) is 6.66. The van der Waals surface area contributed by atoms with E-state index in [0.29, 0.717) is 22.3 Å². The Morgan fingerprint density at radius 1 is 1.14 bits per heavy atom. The Kier molecular flexibility index (Phi) is 6.79. The van der Waals surface area contributed by atoms with E-state index in [1.807, 2.05) is 49.4 Å². The van der Waals surface area contributed by atoms with Gasteiger partial charge in [-0.05, 0) is 48.4 Å². The fraction of sp³-hybridized carbons (Fsp3) is 0.300. The lowest BCUT2D eigenvalue weighted by molar-refractivity contribution is 0.0719. The molecule has 4 heterocycles. The number of aromatic nitrogens is 5. The van der Waals surface area contributed by atoms with Gasteiger partial charge < -0.3 is 4.74 Å². The highest BCUT2D eigenvalue weighted by Crippen LogP contribution is 2.36. The molecule has 6 rings (SSSR count). The summed E-state index contributed by atoms with van der Waals surface area (Å²) in [4.78, 5) is 22.6. The highest BCUT2D eigenvalue weighted by atomic mass is 32.2. The molecule has 0 amide bonds. The van der Waals surface area contributed by atoms with E-state index in [4.69, 9.17) is 4.74 Å². The van der Waals surface area contributed by atoms with Gasteiger partial charge in [0.1, 0.15) is 17.6 Å². The molecule has 5 aromatic rings. The molecule has 2 aromatic carbocycles. The quantitative estimate of drug-likeness (QED) is 0.265. The molecular formula is C30H29N7O4S. The lowest BCUT2D eigenvalue weighted by Crippen LogP contribution is -2.64. The average molecular weight is 584 g/mol. The van der Waals surface area contributed by atoms with Crippen LogP contribution >= 0.6 is 0 Å². The van der Waals surface area contributed by atoms with Gasteiger partial charge in [0.2, 0.25) is 15.9 Å². The first-order chi connectivity index (χ1) is 20.2. The van der Waals surface area contributed by atoms with Gasteiger partial charge >= 0.3 is 0 Å². The number of hydrogen-bond donors (Lipinski definition) is 0. The van der Waals surface area contributed by atoms with Crippen molar-refractivity contribution in [3.63, 3.8) is 0 Å². The molecule has 11 nitrogen and oxygen atoms in total. The van der Waals surface area contributed by atoms with Crippen LogP contribution in [0, 0.1) is 11.3 Å². The molecule has 0 spiro atoms. The number of methoxy groups -OCH3 is 1. The molecule has 0 bridgehead atoms. The van der Waals surface area contributed by atoms with Gasteiger partial charge in [-0.2, -0.15) is 14.7 Å². The molecule has 0 unspecified atom stereocenters. The minimum absolute atomic E-state index is 0.00330.